The fraction of sp³-hybridized carbons (Fsp3) is 0.300. The van der Waals surface area contributed by atoms with Crippen LogP contribution in [0.1, 0.15) is 34.8 Å². The molecule has 0 bridgehead atoms. The maximum atomic E-state index is 12.1. The van der Waals surface area contributed by atoms with Gasteiger partial charge in [-0.2, -0.15) is 0 Å². The van der Waals surface area contributed by atoms with E-state index in [9.17, 15) is 9.59 Å². The summed E-state index contributed by atoms with van der Waals surface area (Å²) in [7, 11) is 1.52. The molecule has 0 radical (unpaired) electrons. The number of benzene rings is 2. The Morgan fingerprint density at radius 3 is 2.44 bits per heavy atom. The van der Waals surface area contributed by atoms with Crippen LogP contribution in [0.4, 0.5) is 0 Å². The van der Waals surface area contributed by atoms with Gasteiger partial charge in [-0.1, -0.05) is 23.7 Å². The lowest BCUT2D eigenvalue weighted by Gasteiger charge is -2.11. The van der Waals surface area contributed by atoms with Gasteiger partial charge in [-0.15, -0.1) is 0 Å². The van der Waals surface area contributed by atoms with Crippen molar-refractivity contribution in [3.63, 3.8) is 0 Å². The number of halogens is 1. The maximum absolute atomic E-state index is 12.1. The van der Waals surface area contributed by atoms with Gasteiger partial charge in [0.25, 0.3) is 5.91 Å². The maximum Gasteiger partial charge on any atom is 0.269 e. The van der Waals surface area contributed by atoms with E-state index in [1.165, 1.54) is 7.11 Å². The average Bonchev–Trinajstić information content (AvgIpc) is 2.67. The molecule has 2 rings (SSSR count). The van der Waals surface area contributed by atoms with Gasteiger partial charge >= 0.3 is 0 Å². The standard InChI is InChI=1S/C20H23ClN2O4/c1-13-10-17(8-9-18(13)21)27-12-15-4-6-16(7-5-15)20(25)23-22-19(24)11-14(2)26-3/h4-10,14H,11-12H2,1-3H3,(H,22,24)(H,23,25). The zero-order valence-corrected chi connectivity index (χ0v) is 16.3. The zero-order chi connectivity index (χ0) is 19.8. The molecule has 144 valence electrons. The van der Waals surface area contributed by atoms with Crippen LogP contribution in [-0.4, -0.2) is 25.0 Å². The summed E-state index contributed by atoms with van der Waals surface area (Å²) in [6.07, 6.45) is -0.0531. The van der Waals surface area contributed by atoms with Crippen LogP contribution in [0.5, 0.6) is 5.75 Å². The summed E-state index contributed by atoms with van der Waals surface area (Å²) in [6, 6.07) is 12.4. The molecule has 0 fully saturated rings. The smallest absolute Gasteiger partial charge is 0.269 e. The van der Waals surface area contributed by atoms with E-state index in [0.29, 0.717) is 17.2 Å². The molecule has 6 nitrogen and oxygen atoms in total. The van der Waals surface area contributed by atoms with Crippen molar-refractivity contribution in [1.29, 1.82) is 0 Å². The Morgan fingerprint density at radius 1 is 1.11 bits per heavy atom. The number of hydrogen-bond acceptors (Lipinski definition) is 4. The average molecular weight is 391 g/mol. The minimum Gasteiger partial charge on any atom is -0.489 e. The van der Waals surface area contributed by atoms with E-state index in [0.717, 1.165) is 16.9 Å². The molecule has 0 saturated heterocycles. The molecule has 1 unspecified atom stereocenters. The number of methoxy groups -OCH3 is 1. The summed E-state index contributed by atoms with van der Waals surface area (Å²) in [5.74, 6) is 0.0157. The SMILES string of the molecule is COC(C)CC(=O)NNC(=O)c1ccc(COc2ccc(Cl)c(C)c2)cc1. The Hall–Kier alpha value is -2.57. The predicted octanol–water partition coefficient (Wildman–Crippen LogP) is 3.41. The third kappa shape index (κ3) is 6.58. The van der Waals surface area contributed by atoms with Crippen molar-refractivity contribution in [2.45, 2.75) is 33.0 Å². The van der Waals surface area contributed by atoms with Gasteiger partial charge in [0.2, 0.25) is 5.91 Å². The highest BCUT2D eigenvalue weighted by Gasteiger charge is 2.10. The second-order valence-electron chi connectivity index (χ2n) is 6.15. The highest BCUT2D eigenvalue weighted by molar-refractivity contribution is 6.31. The molecule has 1 atom stereocenters. The third-order valence-electron chi connectivity index (χ3n) is 3.94. The van der Waals surface area contributed by atoms with Gasteiger partial charge in [0.05, 0.1) is 12.5 Å². The van der Waals surface area contributed by atoms with Crippen molar-refractivity contribution in [3.05, 3.63) is 64.2 Å². The van der Waals surface area contributed by atoms with E-state index in [1.807, 2.05) is 19.1 Å². The van der Waals surface area contributed by atoms with Crippen LogP contribution in [-0.2, 0) is 16.1 Å². The molecule has 27 heavy (non-hydrogen) atoms. The lowest BCUT2D eigenvalue weighted by atomic mass is 10.1. The van der Waals surface area contributed by atoms with Crippen LogP contribution in [0.2, 0.25) is 5.02 Å². The third-order valence-corrected chi connectivity index (χ3v) is 4.37. The second kappa shape index (κ2) is 9.94. The summed E-state index contributed by atoms with van der Waals surface area (Å²) < 4.78 is 10.7. The van der Waals surface area contributed by atoms with Crippen LogP contribution in [0.25, 0.3) is 0 Å². The molecule has 0 aliphatic rings. The first kappa shape index (κ1) is 20.7. The summed E-state index contributed by atoms with van der Waals surface area (Å²) >= 11 is 6.00. The van der Waals surface area contributed by atoms with Crippen LogP contribution in [0, 0.1) is 6.92 Å². The first-order valence-corrected chi connectivity index (χ1v) is 8.86. The lowest BCUT2D eigenvalue weighted by molar-refractivity contribution is -0.124. The van der Waals surface area contributed by atoms with Crippen LogP contribution < -0.4 is 15.6 Å². The van der Waals surface area contributed by atoms with Crippen molar-refractivity contribution in [1.82, 2.24) is 10.9 Å². The first-order valence-electron chi connectivity index (χ1n) is 8.49. The highest BCUT2D eigenvalue weighted by Crippen LogP contribution is 2.21. The van der Waals surface area contributed by atoms with Gasteiger partial charge in [0, 0.05) is 17.7 Å². The Balaban J connectivity index is 1.84. The van der Waals surface area contributed by atoms with Crippen molar-refractivity contribution in [2.75, 3.05) is 7.11 Å². The Kier molecular flexibility index (Phi) is 7.64. The molecule has 0 aromatic heterocycles. The number of ether oxygens (including phenoxy) is 2. The first-order chi connectivity index (χ1) is 12.9. The Labute approximate surface area is 163 Å². The number of rotatable bonds is 7. The molecule has 0 spiro atoms. The number of carbonyl (C=O) groups excluding carboxylic acids is 2. The van der Waals surface area contributed by atoms with Gasteiger partial charge < -0.3 is 9.47 Å². The number of hydrazine groups is 1. The topological polar surface area (TPSA) is 76.7 Å². The van der Waals surface area contributed by atoms with E-state index < -0.39 is 5.91 Å². The lowest BCUT2D eigenvalue weighted by Crippen LogP contribution is -2.42. The summed E-state index contributed by atoms with van der Waals surface area (Å²) in [4.78, 5) is 23.7. The van der Waals surface area contributed by atoms with Gasteiger partial charge in [-0.25, -0.2) is 0 Å². The fourth-order valence-electron chi connectivity index (χ4n) is 2.22. The van der Waals surface area contributed by atoms with Crippen LogP contribution in [0.15, 0.2) is 42.5 Å². The van der Waals surface area contributed by atoms with E-state index in [1.54, 1.807) is 37.3 Å². The van der Waals surface area contributed by atoms with Crippen molar-refractivity contribution in [3.8, 4) is 5.75 Å². The highest BCUT2D eigenvalue weighted by atomic mass is 35.5. The number of nitrogens with one attached hydrogen (secondary N) is 2. The number of aryl methyl sites for hydroxylation is 1. The zero-order valence-electron chi connectivity index (χ0n) is 15.5. The predicted molar refractivity (Wildman–Crippen MR) is 104 cm³/mol. The van der Waals surface area contributed by atoms with Gasteiger partial charge in [0.15, 0.2) is 0 Å². The van der Waals surface area contributed by atoms with Crippen LogP contribution in [0.3, 0.4) is 0 Å². The molecule has 2 aromatic rings. The number of amides is 2. The summed E-state index contributed by atoms with van der Waals surface area (Å²) in [6.45, 7) is 4.06. The molecule has 0 saturated carbocycles. The van der Waals surface area contributed by atoms with E-state index in [2.05, 4.69) is 10.9 Å². The summed E-state index contributed by atoms with van der Waals surface area (Å²) in [5, 5.41) is 0.696. The van der Waals surface area contributed by atoms with E-state index in [4.69, 9.17) is 21.1 Å². The quantitative estimate of drug-likeness (QED) is 0.710. The molecule has 0 aliphatic heterocycles. The largest absolute Gasteiger partial charge is 0.489 e. The number of carbonyl (C=O) groups is 2. The molecule has 2 amide bonds. The monoisotopic (exact) mass is 390 g/mol. The Bertz CT molecular complexity index is 793. The molecule has 0 heterocycles. The van der Waals surface area contributed by atoms with Gasteiger partial charge in [-0.05, 0) is 55.3 Å². The molecule has 7 heteroatoms. The number of hydrogen-bond donors (Lipinski definition) is 2. The summed E-state index contributed by atoms with van der Waals surface area (Å²) in [5.41, 5.74) is 7.04. The normalized spacial score (nSPS) is 11.6. The van der Waals surface area contributed by atoms with Crippen LogP contribution >= 0.6 is 11.6 Å². The molecular weight excluding hydrogens is 368 g/mol. The van der Waals surface area contributed by atoms with Crippen molar-refractivity contribution in [2.24, 2.45) is 0 Å². The molecular formula is C20H23ClN2O4. The molecule has 2 aromatic carbocycles. The van der Waals surface area contributed by atoms with Crippen molar-refractivity contribution < 1.29 is 19.1 Å². The molecule has 2 N–H and O–H groups in total. The minimum absolute atomic E-state index is 0.164. The van der Waals surface area contributed by atoms with E-state index >= 15 is 0 Å². The van der Waals surface area contributed by atoms with Gasteiger partial charge in [0.1, 0.15) is 12.4 Å². The Morgan fingerprint density at radius 2 is 1.81 bits per heavy atom. The second-order valence-corrected chi connectivity index (χ2v) is 6.56. The fourth-order valence-corrected chi connectivity index (χ4v) is 2.34. The van der Waals surface area contributed by atoms with Gasteiger partial charge in [-0.3, -0.25) is 20.4 Å². The van der Waals surface area contributed by atoms with Crippen molar-refractivity contribution >= 4 is 23.4 Å². The molecule has 0 aliphatic carbocycles. The minimum atomic E-state index is -0.394. The van der Waals surface area contributed by atoms with E-state index in [-0.39, 0.29) is 18.4 Å².